The molecule has 49 valence electrons. The second-order valence-corrected chi connectivity index (χ2v) is 1.65. The molecule has 0 aromatic carbocycles. The van der Waals surface area contributed by atoms with Crippen LogP contribution in [0.5, 0.6) is 0 Å². The number of hydrogen-bond donors (Lipinski definition) is 0. The van der Waals surface area contributed by atoms with Gasteiger partial charge in [0.25, 0.3) is 0 Å². The Labute approximate surface area is 58.8 Å². The van der Waals surface area contributed by atoms with E-state index >= 15 is 0 Å². The molecule has 0 aromatic heterocycles. The summed E-state index contributed by atoms with van der Waals surface area (Å²) in [5.41, 5.74) is 0. The third-order valence-electron chi connectivity index (χ3n) is 0.512. The van der Waals surface area contributed by atoms with E-state index in [-0.39, 0.29) is 28.3 Å². The average molecular weight is 161 g/mol. The van der Waals surface area contributed by atoms with Gasteiger partial charge >= 0.3 is 11.6 Å². The van der Waals surface area contributed by atoms with Gasteiger partial charge in [-0.15, -0.1) is 0 Å². The van der Waals surface area contributed by atoms with Crippen LogP contribution < -0.4 is 0 Å². The smallest absolute Gasteiger partial charge is 0.283 e. The predicted molar refractivity (Wildman–Crippen MR) is 29.9 cm³/mol. The van der Waals surface area contributed by atoms with Crippen LogP contribution in [0.15, 0.2) is 0 Å². The number of hydrogen-bond acceptors (Lipinski definition) is 0. The zero-order valence-corrected chi connectivity index (χ0v) is 5.98. The molecule has 0 spiro atoms. The van der Waals surface area contributed by atoms with Gasteiger partial charge in [0.1, 0.15) is 0 Å². The van der Waals surface area contributed by atoms with Gasteiger partial charge in [-0.05, 0) is 0 Å². The van der Waals surface area contributed by atoms with Crippen molar-refractivity contribution in [3.05, 3.63) is 0 Å². The second-order valence-electron chi connectivity index (χ2n) is 1.65. The molecule has 0 atom stereocenters. The van der Waals surface area contributed by atoms with Crippen molar-refractivity contribution in [1.82, 2.24) is 0 Å². The summed E-state index contributed by atoms with van der Waals surface area (Å²) in [5.74, 6) is 0.500. The van der Waals surface area contributed by atoms with Crippen LogP contribution in [-0.4, -0.2) is 21.2 Å². The van der Waals surface area contributed by atoms with Gasteiger partial charge in [-0.25, -0.2) is 0 Å². The fourth-order valence-corrected chi connectivity index (χ4v) is 0.370. The van der Waals surface area contributed by atoms with Crippen LogP contribution >= 0.6 is 0 Å². The summed E-state index contributed by atoms with van der Waals surface area (Å²) in [6.45, 7) is 3.11. The molecule has 0 fully saturated rings. The molecule has 2 nitrogen and oxygen atoms in total. The Morgan fingerprint density at radius 2 is 1.38 bits per heavy atom. The summed E-state index contributed by atoms with van der Waals surface area (Å²) in [4.78, 5) is 16.9. The van der Waals surface area contributed by atoms with Crippen LogP contribution in [0, 0.1) is 0 Å². The van der Waals surface area contributed by atoms with E-state index < -0.39 is 0 Å². The Kier molecular flexibility index (Phi) is 6.72. The minimum atomic E-state index is 0. The molecule has 0 unspecified atom stereocenters. The molecule has 0 saturated heterocycles. The minimum Gasteiger partial charge on any atom is -0.283 e. The molecule has 2 N–H and O–H groups in total. The maximum atomic E-state index is 8.46. The average Bonchev–Trinajstić information content (AvgIpc) is 1.27. The van der Waals surface area contributed by atoms with Crippen LogP contribution in [0.3, 0.4) is 0 Å². The van der Waals surface area contributed by atoms with Gasteiger partial charge in [-0.2, -0.15) is 0 Å². The van der Waals surface area contributed by atoms with Crippen molar-refractivity contribution in [2.45, 2.75) is 20.3 Å². The Bertz CT molecular complexity index is 86.6. The Morgan fingerprint density at radius 3 is 1.38 bits per heavy atom. The molecule has 0 aliphatic carbocycles. The summed E-state index contributed by atoms with van der Waals surface area (Å²) in [6, 6.07) is 0. The minimum absolute atomic E-state index is 0. The van der Waals surface area contributed by atoms with Crippen molar-refractivity contribution in [3.63, 3.8) is 0 Å². The summed E-state index contributed by atoms with van der Waals surface area (Å²) in [5, 5.41) is 0. The molecule has 0 saturated carbocycles. The molecule has 0 aromatic rings. The van der Waals surface area contributed by atoms with Gasteiger partial charge in [0.2, 0.25) is 0 Å². The fourth-order valence-electron chi connectivity index (χ4n) is 0.370. The van der Waals surface area contributed by atoms with Crippen molar-refractivity contribution in [2.75, 3.05) is 0 Å². The maximum Gasteiger partial charge on any atom is 0.302 e. The molecule has 0 amide bonds. The first-order valence-corrected chi connectivity index (χ1v) is 2.15. The Balaban J connectivity index is 0. The summed E-state index contributed by atoms with van der Waals surface area (Å²) < 4.78 is 0. The normalized spacial score (nSPS) is 7.25. The molecular weight excluding hydrogens is 151 g/mol. The molecule has 1 radical (unpaired) electrons. The third kappa shape index (κ3) is 9.28. The van der Waals surface area contributed by atoms with Crippen molar-refractivity contribution in [1.29, 1.82) is 0 Å². The molecule has 0 aliphatic rings. The molecule has 0 bridgehead atoms. The van der Waals surface area contributed by atoms with Crippen molar-refractivity contribution >= 4 is 11.6 Å². The summed E-state index contributed by atoms with van der Waals surface area (Å²) in [7, 11) is 0. The molecule has 0 aliphatic heterocycles. The van der Waals surface area contributed by atoms with E-state index in [1.54, 1.807) is 13.8 Å². The zero-order chi connectivity index (χ0) is 5.86. The third-order valence-corrected chi connectivity index (χ3v) is 0.512. The number of carbonyl (C=O) groups excluding carboxylic acids is 2. The topological polar surface area (TPSA) is 42.8 Å². The van der Waals surface area contributed by atoms with Gasteiger partial charge in [0, 0.05) is 30.6 Å². The van der Waals surface area contributed by atoms with Crippen LogP contribution in [0.2, 0.25) is 0 Å². The SMILES string of the molecule is CC(=[OH+])CC(C)=[OH+].[Co]. The van der Waals surface area contributed by atoms with Crippen LogP contribution in [0.25, 0.3) is 0 Å². The van der Waals surface area contributed by atoms with Crippen molar-refractivity contribution in [3.8, 4) is 0 Å². The quantitative estimate of drug-likeness (QED) is 0.418. The first kappa shape index (κ1) is 10.8. The monoisotopic (exact) mass is 161 g/mol. The maximum absolute atomic E-state index is 8.46. The van der Waals surface area contributed by atoms with Crippen LogP contribution in [0.1, 0.15) is 20.3 Å². The second kappa shape index (κ2) is 4.99. The Hall–Kier alpha value is -0.154. The van der Waals surface area contributed by atoms with Crippen LogP contribution in [0.4, 0.5) is 0 Å². The number of ketones is 2. The van der Waals surface area contributed by atoms with Crippen molar-refractivity contribution < 1.29 is 26.4 Å². The van der Waals surface area contributed by atoms with Gasteiger partial charge in [-0.1, -0.05) is 0 Å². The van der Waals surface area contributed by atoms with E-state index in [1.165, 1.54) is 0 Å². The van der Waals surface area contributed by atoms with Gasteiger partial charge in [0.05, 0.1) is 0 Å². The molecule has 8 heavy (non-hydrogen) atoms. The molecule has 0 heterocycles. The fraction of sp³-hybridized carbons (Fsp3) is 0.600. The largest absolute Gasteiger partial charge is 0.302 e. The predicted octanol–water partition coefficient (Wildman–Crippen LogP) is 0.504. The summed E-state index contributed by atoms with van der Waals surface area (Å²) in [6.07, 6.45) is 0.306. The molecule has 0 rings (SSSR count). The first-order valence-electron chi connectivity index (χ1n) is 2.15. The van der Waals surface area contributed by atoms with E-state index in [4.69, 9.17) is 9.59 Å². The van der Waals surface area contributed by atoms with E-state index in [0.29, 0.717) is 6.42 Å². The molecule has 3 heteroatoms. The van der Waals surface area contributed by atoms with E-state index in [2.05, 4.69) is 0 Å². The summed E-state index contributed by atoms with van der Waals surface area (Å²) >= 11 is 0. The van der Waals surface area contributed by atoms with Gasteiger partial charge < -0.3 is 0 Å². The molecular formula is C5H10CoO2+2. The van der Waals surface area contributed by atoms with E-state index in [1.807, 2.05) is 0 Å². The number of rotatable bonds is 2. The van der Waals surface area contributed by atoms with Gasteiger partial charge in [0.15, 0.2) is 6.42 Å². The van der Waals surface area contributed by atoms with Gasteiger partial charge in [-0.3, -0.25) is 9.59 Å². The van der Waals surface area contributed by atoms with E-state index in [9.17, 15) is 0 Å². The van der Waals surface area contributed by atoms with E-state index in [0.717, 1.165) is 0 Å². The Morgan fingerprint density at radius 1 is 1.12 bits per heavy atom. The van der Waals surface area contributed by atoms with Crippen molar-refractivity contribution in [2.24, 2.45) is 0 Å². The standard InChI is InChI=1S/C5H8O2.Co/c1-4(6)3-5(2)7;/h3H2,1-2H3;/p+2. The zero-order valence-electron chi connectivity index (χ0n) is 4.93. The van der Waals surface area contributed by atoms with Crippen LogP contribution in [-0.2, 0) is 16.8 Å². The first-order chi connectivity index (χ1) is 3.13.